The summed E-state index contributed by atoms with van der Waals surface area (Å²) in [5.41, 5.74) is 5.68. The fraction of sp³-hybridized carbons (Fsp3) is 0.192. The lowest BCUT2D eigenvalue weighted by molar-refractivity contribution is 0.102. The molecule has 1 aliphatic rings. The largest absolute Gasteiger partial charge is 0.378 e. The number of benzene rings is 2. The molecule has 2 aromatic heterocycles. The van der Waals surface area contributed by atoms with Gasteiger partial charge in [0.05, 0.1) is 24.5 Å². The molecule has 33 heavy (non-hydrogen) atoms. The molecule has 0 atom stereocenters. The molecular weight excluding hydrogens is 414 g/mol. The van der Waals surface area contributed by atoms with Crippen LogP contribution >= 0.6 is 0 Å². The molecule has 4 aromatic rings. The zero-order valence-electron chi connectivity index (χ0n) is 18.4. The average Bonchev–Trinajstić information content (AvgIpc) is 3.33. The first-order valence-corrected chi connectivity index (χ1v) is 11.0. The van der Waals surface area contributed by atoms with Crippen molar-refractivity contribution in [3.05, 3.63) is 90.4 Å². The SMILES string of the molecule is Cc1cc(N2CCOCC2)ccc1NC(=O)c1cn(-c2ccccc2)nc1-c1cccnc1. The Kier molecular flexibility index (Phi) is 5.87. The number of pyridine rings is 1. The van der Waals surface area contributed by atoms with E-state index in [1.165, 1.54) is 0 Å². The predicted octanol–water partition coefficient (Wildman–Crippen LogP) is 4.33. The minimum Gasteiger partial charge on any atom is -0.378 e. The topological polar surface area (TPSA) is 72.3 Å². The third-order valence-corrected chi connectivity index (χ3v) is 5.75. The van der Waals surface area contributed by atoms with Crippen LogP contribution in [0.4, 0.5) is 11.4 Å². The number of hydrogen-bond acceptors (Lipinski definition) is 5. The summed E-state index contributed by atoms with van der Waals surface area (Å²) in [4.78, 5) is 19.9. The molecule has 0 spiro atoms. The number of ether oxygens (including phenoxy) is 1. The van der Waals surface area contributed by atoms with Crippen molar-refractivity contribution in [3.8, 4) is 16.9 Å². The van der Waals surface area contributed by atoms with Crippen molar-refractivity contribution in [1.82, 2.24) is 14.8 Å². The second-order valence-corrected chi connectivity index (χ2v) is 7.97. The van der Waals surface area contributed by atoms with Crippen LogP contribution in [0.15, 0.2) is 79.3 Å². The van der Waals surface area contributed by atoms with Gasteiger partial charge in [0.1, 0.15) is 5.69 Å². The zero-order chi connectivity index (χ0) is 22.6. The minimum atomic E-state index is -0.210. The van der Waals surface area contributed by atoms with Gasteiger partial charge in [-0.1, -0.05) is 18.2 Å². The van der Waals surface area contributed by atoms with Gasteiger partial charge < -0.3 is 15.0 Å². The number of morpholine rings is 1. The highest BCUT2D eigenvalue weighted by Crippen LogP contribution is 2.27. The predicted molar refractivity (Wildman–Crippen MR) is 129 cm³/mol. The fourth-order valence-corrected chi connectivity index (χ4v) is 3.97. The molecule has 0 unspecified atom stereocenters. The van der Waals surface area contributed by atoms with Crippen LogP contribution in [-0.4, -0.2) is 47.0 Å². The number of nitrogens with one attached hydrogen (secondary N) is 1. The molecule has 2 aromatic carbocycles. The lowest BCUT2D eigenvalue weighted by atomic mass is 10.1. The van der Waals surface area contributed by atoms with Gasteiger partial charge in [0.25, 0.3) is 5.91 Å². The van der Waals surface area contributed by atoms with E-state index in [-0.39, 0.29) is 5.91 Å². The van der Waals surface area contributed by atoms with E-state index in [1.54, 1.807) is 23.3 Å². The van der Waals surface area contributed by atoms with E-state index in [0.29, 0.717) is 11.3 Å². The highest BCUT2D eigenvalue weighted by Gasteiger charge is 2.20. The van der Waals surface area contributed by atoms with Crippen molar-refractivity contribution in [2.75, 3.05) is 36.5 Å². The quantitative estimate of drug-likeness (QED) is 0.501. The molecule has 7 nitrogen and oxygen atoms in total. The first-order valence-electron chi connectivity index (χ1n) is 11.0. The Hall–Kier alpha value is -3.97. The van der Waals surface area contributed by atoms with Crippen LogP contribution < -0.4 is 10.2 Å². The highest BCUT2D eigenvalue weighted by atomic mass is 16.5. The maximum atomic E-state index is 13.4. The standard InChI is InChI=1S/C26H25N5O2/c1-19-16-22(30-12-14-33-15-13-30)9-10-24(19)28-26(32)23-18-31(21-7-3-2-4-8-21)29-25(23)20-6-5-11-27-17-20/h2-11,16-18H,12-15H2,1H3,(H,28,32). The fourth-order valence-electron chi connectivity index (χ4n) is 3.97. The minimum absolute atomic E-state index is 0.210. The lowest BCUT2D eigenvalue weighted by Gasteiger charge is -2.29. The van der Waals surface area contributed by atoms with Gasteiger partial charge in [-0.25, -0.2) is 4.68 Å². The van der Waals surface area contributed by atoms with Gasteiger partial charge in [-0.05, 0) is 55.0 Å². The summed E-state index contributed by atoms with van der Waals surface area (Å²) in [7, 11) is 0. The van der Waals surface area contributed by atoms with E-state index < -0.39 is 0 Å². The molecule has 5 rings (SSSR count). The van der Waals surface area contributed by atoms with Crippen molar-refractivity contribution in [3.63, 3.8) is 0 Å². The van der Waals surface area contributed by atoms with Crippen LogP contribution in [0.2, 0.25) is 0 Å². The van der Waals surface area contributed by atoms with Gasteiger partial charge in [-0.2, -0.15) is 5.10 Å². The summed E-state index contributed by atoms with van der Waals surface area (Å²) < 4.78 is 7.18. The van der Waals surface area contributed by atoms with Gasteiger partial charge in [0, 0.05) is 48.6 Å². The summed E-state index contributed by atoms with van der Waals surface area (Å²) >= 11 is 0. The molecule has 1 saturated heterocycles. The van der Waals surface area contributed by atoms with Crippen LogP contribution in [-0.2, 0) is 4.74 Å². The molecule has 0 radical (unpaired) electrons. The van der Waals surface area contributed by atoms with Gasteiger partial charge in [-0.3, -0.25) is 9.78 Å². The Balaban J connectivity index is 1.45. The molecule has 0 aliphatic carbocycles. The first-order chi connectivity index (χ1) is 16.2. The van der Waals surface area contributed by atoms with Crippen molar-refractivity contribution in [2.45, 2.75) is 6.92 Å². The second kappa shape index (κ2) is 9.26. The number of anilines is 2. The Bertz CT molecular complexity index is 1250. The summed E-state index contributed by atoms with van der Waals surface area (Å²) in [6.07, 6.45) is 5.19. The van der Waals surface area contributed by atoms with E-state index in [1.807, 2.05) is 61.5 Å². The van der Waals surface area contributed by atoms with Crippen LogP contribution in [0, 0.1) is 6.92 Å². The number of amides is 1. The molecule has 3 heterocycles. The van der Waals surface area contributed by atoms with Crippen molar-refractivity contribution in [1.29, 1.82) is 0 Å². The number of carbonyl (C=O) groups is 1. The van der Waals surface area contributed by atoms with Gasteiger partial charge in [-0.15, -0.1) is 0 Å². The summed E-state index contributed by atoms with van der Waals surface area (Å²) in [5.74, 6) is -0.210. The smallest absolute Gasteiger partial charge is 0.259 e. The second-order valence-electron chi connectivity index (χ2n) is 7.97. The Morgan fingerprint density at radius 2 is 1.82 bits per heavy atom. The van der Waals surface area contributed by atoms with Crippen molar-refractivity contribution < 1.29 is 9.53 Å². The molecule has 1 amide bonds. The molecule has 166 valence electrons. The monoisotopic (exact) mass is 439 g/mol. The molecule has 0 saturated carbocycles. The van der Waals surface area contributed by atoms with Crippen molar-refractivity contribution in [2.24, 2.45) is 0 Å². The van der Waals surface area contributed by atoms with E-state index >= 15 is 0 Å². The van der Waals surface area contributed by atoms with Crippen LogP contribution in [0.5, 0.6) is 0 Å². The van der Waals surface area contributed by atoms with Crippen molar-refractivity contribution >= 4 is 17.3 Å². The maximum absolute atomic E-state index is 13.4. The number of carbonyl (C=O) groups excluding carboxylic acids is 1. The third-order valence-electron chi connectivity index (χ3n) is 5.75. The lowest BCUT2D eigenvalue weighted by Crippen LogP contribution is -2.36. The molecule has 1 aliphatic heterocycles. The molecule has 1 N–H and O–H groups in total. The number of rotatable bonds is 5. The number of aryl methyl sites for hydroxylation is 1. The van der Waals surface area contributed by atoms with E-state index in [0.717, 1.165) is 54.5 Å². The van der Waals surface area contributed by atoms with E-state index in [4.69, 9.17) is 9.84 Å². The average molecular weight is 440 g/mol. The van der Waals surface area contributed by atoms with Crippen LogP contribution in [0.3, 0.4) is 0 Å². The van der Waals surface area contributed by atoms with Gasteiger partial charge in [0.15, 0.2) is 0 Å². The molecule has 0 bridgehead atoms. The van der Waals surface area contributed by atoms with Gasteiger partial charge in [0.2, 0.25) is 0 Å². The summed E-state index contributed by atoms with van der Waals surface area (Å²) in [6.45, 7) is 5.23. The third kappa shape index (κ3) is 4.49. The van der Waals surface area contributed by atoms with E-state index in [9.17, 15) is 4.79 Å². The molecular formula is C26H25N5O2. The highest BCUT2D eigenvalue weighted by molar-refractivity contribution is 6.08. The van der Waals surface area contributed by atoms with Gasteiger partial charge >= 0.3 is 0 Å². The molecule has 7 heteroatoms. The van der Waals surface area contributed by atoms with Crippen LogP contribution in [0.25, 0.3) is 16.9 Å². The van der Waals surface area contributed by atoms with Crippen LogP contribution in [0.1, 0.15) is 15.9 Å². The number of para-hydroxylation sites is 1. The normalized spacial score (nSPS) is 13.7. The number of nitrogens with zero attached hydrogens (tertiary/aromatic N) is 4. The number of hydrogen-bond donors (Lipinski definition) is 1. The molecule has 1 fully saturated rings. The summed E-state index contributed by atoms with van der Waals surface area (Å²) in [6, 6.07) is 19.6. The number of aromatic nitrogens is 3. The van der Waals surface area contributed by atoms with E-state index in [2.05, 4.69) is 21.3 Å². The Morgan fingerprint density at radius 3 is 2.55 bits per heavy atom. The first kappa shape index (κ1) is 20.9. The maximum Gasteiger partial charge on any atom is 0.259 e. The Labute approximate surface area is 192 Å². The summed E-state index contributed by atoms with van der Waals surface area (Å²) in [5, 5.41) is 7.78. The Morgan fingerprint density at radius 1 is 1.00 bits per heavy atom. The zero-order valence-corrected chi connectivity index (χ0v) is 18.4.